The Bertz CT molecular complexity index is 223. The molecule has 84 valence electrons. The lowest BCUT2D eigenvalue weighted by Gasteiger charge is -2.13. The molecule has 0 heterocycles. The van der Waals surface area contributed by atoms with Crippen molar-refractivity contribution in [1.82, 2.24) is 0 Å². The first-order valence-corrected chi connectivity index (χ1v) is 7.45. The highest BCUT2D eigenvalue weighted by molar-refractivity contribution is 8.04. The molecule has 0 radical (unpaired) electrons. The average molecular weight is 259 g/mol. The molecule has 3 nitrogen and oxygen atoms in total. The van der Waals surface area contributed by atoms with E-state index in [-0.39, 0.29) is 0 Å². The van der Waals surface area contributed by atoms with Gasteiger partial charge in [0.15, 0.2) is 0 Å². The van der Waals surface area contributed by atoms with Gasteiger partial charge in [-0.2, -0.15) is 0 Å². The summed E-state index contributed by atoms with van der Waals surface area (Å²) in [5.41, 5.74) is 0. The zero-order chi connectivity index (χ0) is 11.0. The fourth-order valence-corrected chi connectivity index (χ4v) is 3.61. The van der Waals surface area contributed by atoms with Gasteiger partial charge >= 0.3 is 7.60 Å². The molecule has 0 spiro atoms. The minimum absolute atomic E-state index is 0.342. The quantitative estimate of drug-likeness (QED) is 0.646. The molecule has 0 fully saturated rings. The molecule has 0 aromatic rings. The van der Waals surface area contributed by atoms with Crippen molar-refractivity contribution in [3.63, 3.8) is 0 Å². The molecule has 6 heteroatoms. The van der Waals surface area contributed by atoms with Crippen LogP contribution < -0.4 is 0 Å². The number of hydrogen-bond acceptors (Lipinski definition) is 4. The van der Waals surface area contributed by atoms with Crippen molar-refractivity contribution in [2.75, 3.05) is 19.0 Å². The highest BCUT2D eigenvalue weighted by Gasteiger charge is 2.20. The summed E-state index contributed by atoms with van der Waals surface area (Å²) in [5.74, 6) is 2.20. The summed E-state index contributed by atoms with van der Waals surface area (Å²) in [7, 11) is -3.12. The predicted octanol–water partition coefficient (Wildman–Crippen LogP) is 4.04. The lowest BCUT2D eigenvalue weighted by molar-refractivity contribution is 0.229. The third-order valence-electron chi connectivity index (χ3n) is 1.16. The summed E-state index contributed by atoms with van der Waals surface area (Å²) >= 11 is 7.23. The molecule has 0 aliphatic carbocycles. The number of hydrogen-bond donors (Lipinski definition) is 0. The topological polar surface area (TPSA) is 35.5 Å². The first-order chi connectivity index (χ1) is 6.58. The molecule has 0 atom stereocenters. The van der Waals surface area contributed by atoms with Crippen LogP contribution in [-0.4, -0.2) is 19.0 Å². The van der Waals surface area contributed by atoms with E-state index < -0.39 is 7.60 Å². The fraction of sp³-hybridized carbons (Fsp3) is 0.750. The summed E-state index contributed by atoms with van der Waals surface area (Å²) in [5, 5.41) is 0. The highest BCUT2D eigenvalue weighted by Crippen LogP contribution is 2.52. The predicted molar refractivity (Wildman–Crippen MR) is 62.9 cm³/mol. The summed E-state index contributed by atoms with van der Waals surface area (Å²) < 4.78 is 22.4. The Balaban J connectivity index is 4.48. The van der Waals surface area contributed by atoms with Crippen LogP contribution in [0.5, 0.6) is 0 Å². The van der Waals surface area contributed by atoms with Crippen LogP contribution in [-0.2, 0) is 13.6 Å². The van der Waals surface area contributed by atoms with Crippen LogP contribution in [0.15, 0.2) is 10.2 Å². The molecule has 0 aromatic carbocycles. The molecule has 0 unspecified atom stereocenters. The third kappa shape index (κ3) is 6.10. The van der Waals surface area contributed by atoms with Crippen LogP contribution >= 0.6 is 31.0 Å². The van der Waals surface area contributed by atoms with E-state index in [0.717, 1.165) is 5.75 Å². The van der Waals surface area contributed by atoms with Gasteiger partial charge in [-0.05, 0) is 19.6 Å². The van der Waals surface area contributed by atoms with Gasteiger partial charge in [0.25, 0.3) is 0 Å². The number of halogens is 1. The van der Waals surface area contributed by atoms with Gasteiger partial charge in [-0.25, -0.2) is 0 Å². The van der Waals surface area contributed by atoms with Gasteiger partial charge in [-0.15, -0.1) is 11.8 Å². The van der Waals surface area contributed by atoms with Crippen molar-refractivity contribution in [3.05, 3.63) is 10.2 Å². The normalized spacial score (nSPS) is 13.3. The molecule has 0 aliphatic rings. The summed E-state index contributed by atoms with van der Waals surface area (Å²) in [4.78, 5) is 0. The van der Waals surface area contributed by atoms with Crippen LogP contribution in [0, 0.1) is 0 Å². The third-order valence-corrected chi connectivity index (χ3v) is 4.42. The lowest BCUT2D eigenvalue weighted by Crippen LogP contribution is -1.93. The van der Waals surface area contributed by atoms with Gasteiger partial charge < -0.3 is 9.05 Å². The van der Waals surface area contributed by atoms with Crippen molar-refractivity contribution >= 4 is 31.0 Å². The van der Waals surface area contributed by atoms with Crippen LogP contribution in [0.4, 0.5) is 0 Å². The molecule has 0 saturated carbocycles. The van der Waals surface area contributed by atoms with Crippen molar-refractivity contribution in [3.8, 4) is 0 Å². The first kappa shape index (κ1) is 14.5. The maximum Gasteiger partial charge on any atom is 0.356 e. The van der Waals surface area contributed by atoms with E-state index in [2.05, 4.69) is 0 Å². The van der Waals surface area contributed by atoms with Gasteiger partial charge in [0, 0.05) is 0 Å². The Morgan fingerprint density at radius 3 is 2.21 bits per heavy atom. The Kier molecular flexibility index (Phi) is 8.07. The second-order valence-corrected chi connectivity index (χ2v) is 6.03. The maximum absolute atomic E-state index is 11.9. The van der Waals surface area contributed by atoms with Crippen LogP contribution in [0.25, 0.3) is 0 Å². The second-order valence-electron chi connectivity index (χ2n) is 2.24. The van der Waals surface area contributed by atoms with E-state index in [1.165, 1.54) is 17.6 Å². The molecular formula is C8H16ClO3PS. The van der Waals surface area contributed by atoms with Crippen molar-refractivity contribution < 1.29 is 13.6 Å². The van der Waals surface area contributed by atoms with E-state index in [1.807, 2.05) is 6.92 Å². The fourth-order valence-electron chi connectivity index (χ4n) is 0.771. The Labute approximate surface area is 94.7 Å². The van der Waals surface area contributed by atoms with E-state index in [4.69, 9.17) is 20.6 Å². The zero-order valence-corrected chi connectivity index (χ0v) is 11.1. The SMILES string of the molecule is CCOP(=O)(C=C(Cl)SCC)OCC. The van der Waals surface area contributed by atoms with Gasteiger partial charge in [-0.1, -0.05) is 18.5 Å². The van der Waals surface area contributed by atoms with Gasteiger partial charge in [0.2, 0.25) is 0 Å². The van der Waals surface area contributed by atoms with Crippen molar-refractivity contribution in [1.29, 1.82) is 0 Å². The lowest BCUT2D eigenvalue weighted by atomic mass is 10.9. The van der Waals surface area contributed by atoms with E-state index in [0.29, 0.717) is 17.6 Å². The van der Waals surface area contributed by atoms with E-state index >= 15 is 0 Å². The summed E-state index contributed by atoms with van der Waals surface area (Å²) in [6, 6.07) is 0. The minimum atomic E-state index is -3.12. The standard InChI is InChI=1S/C8H16ClO3PS/c1-4-11-13(10,12-5-2)7-8(9)14-6-3/h7H,4-6H2,1-3H3. The summed E-state index contributed by atoms with van der Waals surface area (Å²) in [6.07, 6.45) is 0. The Morgan fingerprint density at radius 2 is 1.86 bits per heavy atom. The molecule has 0 amide bonds. The number of thioether (sulfide) groups is 1. The summed E-state index contributed by atoms with van der Waals surface area (Å²) in [6.45, 7) is 6.18. The monoisotopic (exact) mass is 258 g/mol. The number of rotatable bonds is 7. The van der Waals surface area contributed by atoms with E-state index in [1.54, 1.807) is 13.8 Å². The van der Waals surface area contributed by atoms with Crippen molar-refractivity contribution in [2.24, 2.45) is 0 Å². The van der Waals surface area contributed by atoms with Crippen LogP contribution in [0.1, 0.15) is 20.8 Å². The average Bonchev–Trinajstić information content (AvgIpc) is 2.04. The van der Waals surface area contributed by atoms with Gasteiger partial charge in [0.05, 0.1) is 23.4 Å². The van der Waals surface area contributed by atoms with Crippen molar-refractivity contribution in [2.45, 2.75) is 20.8 Å². The molecule has 0 rings (SSSR count). The maximum atomic E-state index is 11.9. The molecule has 14 heavy (non-hydrogen) atoms. The Hall–Kier alpha value is 0.530. The first-order valence-electron chi connectivity index (χ1n) is 4.48. The smallest absolute Gasteiger partial charge is 0.306 e. The van der Waals surface area contributed by atoms with Gasteiger partial charge in [0.1, 0.15) is 0 Å². The molecule has 0 bridgehead atoms. The van der Waals surface area contributed by atoms with Crippen LogP contribution in [0.3, 0.4) is 0 Å². The minimum Gasteiger partial charge on any atom is -0.306 e. The molecular weight excluding hydrogens is 243 g/mol. The second kappa shape index (κ2) is 7.77. The molecule has 0 aliphatic heterocycles. The largest absolute Gasteiger partial charge is 0.356 e. The van der Waals surface area contributed by atoms with Gasteiger partial charge in [-0.3, -0.25) is 4.57 Å². The van der Waals surface area contributed by atoms with E-state index in [9.17, 15) is 4.57 Å². The Morgan fingerprint density at radius 1 is 1.36 bits per heavy atom. The highest BCUT2D eigenvalue weighted by atomic mass is 35.5. The molecule has 0 N–H and O–H groups in total. The van der Waals surface area contributed by atoms with Crippen LogP contribution in [0.2, 0.25) is 0 Å². The zero-order valence-electron chi connectivity index (χ0n) is 8.66. The molecule has 0 saturated heterocycles. The molecule has 0 aromatic heterocycles.